The van der Waals surface area contributed by atoms with Crippen LogP contribution in [0.15, 0.2) is 11.6 Å². The van der Waals surface area contributed by atoms with Crippen LogP contribution in [-0.2, 0) is 4.79 Å². The SMILES string of the molecule is O=CC1=CCC[C@H]1O. The van der Waals surface area contributed by atoms with E-state index < -0.39 is 6.10 Å². The molecule has 8 heavy (non-hydrogen) atoms. The third-order valence-electron chi connectivity index (χ3n) is 1.34. The lowest BCUT2D eigenvalue weighted by molar-refractivity contribution is -0.105. The Labute approximate surface area is 47.8 Å². The number of aldehydes is 1. The van der Waals surface area contributed by atoms with Crippen LogP contribution in [0.1, 0.15) is 12.8 Å². The molecule has 0 fully saturated rings. The fourth-order valence-electron chi connectivity index (χ4n) is 0.837. The average Bonchev–Trinajstić information content (AvgIpc) is 2.14. The van der Waals surface area contributed by atoms with E-state index in [0.29, 0.717) is 12.0 Å². The van der Waals surface area contributed by atoms with E-state index in [1.165, 1.54) is 0 Å². The van der Waals surface area contributed by atoms with Crippen molar-refractivity contribution in [2.45, 2.75) is 18.9 Å². The Morgan fingerprint density at radius 2 is 2.62 bits per heavy atom. The molecule has 1 aliphatic rings. The van der Waals surface area contributed by atoms with Crippen LogP contribution in [0, 0.1) is 0 Å². The number of carbonyl (C=O) groups is 1. The van der Waals surface area contributed by atoms with Crippen LogP contribution in [0.5, 0.6) is 0 Å². The van der Waals surface area contributed by atoms with Crippen molar-refractivity contribution in [3.63, 3.8) is 0 Å². The molecule has 0 saturated carbocycles. The minimum absolute atomic E-state index is 0.479. The molecule has 0 aromatic rings. The van der Waals surface area contributed by atoms with E-state index in [9.17, 15) is 4.79 Å². The van der Waals surface area contributed by atoms with Crippen LogP contribution in [0.2, 0.25) is 0 Å². The molecule has 0 unspecified atom stereocenters. The maximum absolute atomic E-state index is 9.99. The topological polar surface area (TPSA) is 37.3 Å². The van der Waals surface area contributed by atoms with Crippen LogP contribution in [0.4, 0.5) is 0 Å². The van der Waals surface area contributed by atoms with Gasteiger partial charge in [-0.05, 0) is 12.8 Å². The van der Waals surface area contributed by atoms with Crippen molar-refractivity contribution in [3.8, 4) is 0 Å². The zero-order valence-electron chi connectivity index (χ0n) is 4.50. The first kappa shape index (κ1) is 5.51. The summed E-state index contributed by atoms with van der Waals surface area (Å²) in [5.74, 6) is 0. The van der Waals surface area contributed by atoms with E-state index in [-0.39, 0.29) is 0 Å². The van der Waals surface area contributed by atoms with Gasteiger partial charge in [-0.1, -0.05) is 6.08 Å². The summed E-state index contributed by atoms with van der Waals surface area (Å²) >= 11 is 0. The Morgan fingerprint density at radius 1 is 1.88 bits per heavy atom. The third kappa shape index (κ3) is 0.793. The zero-order chi connectivity index (χ0) is 5.98. The van der Waals surface area contributed by atoms with E-state index in [0.717, 1.165) is 12.7 Å². The molecule has 0 saturated heterocycles. The summed E-state index contributed by atoms with van der Waals surface area (Å²) in [6, 6.07) is 0. The second kappa shape index (κ2) is 2.09. The van der Waals surface area contributed by atoms with Crippen LogP contribution < -0.4 is 0 Å². The predicted molar refractivity (Wildman–Crippen MR) is 29.4 cm³/mol. The number of hydrogen-bond donors (Lipinski definition) is 1. The summed E-state index contributed by atoms with van der Waals surface area (Å²) in [7, 11) is 0. The highest BCUT2D eigenvalue weighted by atomic mass is 16.3. The monoisotopic (exact) mass is 112 g/mol. The number of hydrogen-bond acceptors (Lipinski definition) is 2. The Morgan fingerprint density at radius 3 is 2.88 bits per heavy atom. The van der Waals surface area contributed by atoms with Gasteiger partial charge < -0.3 is 5.11 Å². The first-order chi connectivity index (χ1) is 3.84. The smallest absolute Gasteiger partial charge is 0.148 e. The van der Waals surface area contributed by atoms with Crippen LogP contribution >= 0.6 is 0 Å². The first-order valence-electron chi connectivity index (χ1n) is 2.68. The molecule has 0 aromatic heterocycles. The number of carbonyl (C=O) groups excluding carboxylic acids is 1. The normalized spacial score (nSPS) is 27.6. The molecule has 2 nitrogen and oxygen atoms in total. The van der Waals surface area contributed by atoms with Crippen LogP contribution in [-0.4, -0.2) is 17.5 Å². The lowest BCUT2D eigenvalue weighted by Crippen LogP contribution is -2.04. The van der Waals surface area contributed by atoms with E-state index in [1.807, 2.05) is 0 Å². The van der Waals surface area contributed by atoms with Crippen molar-refractivity contribution in [1.82, 2.24) is 0 Å². The van der Waals surface area contributed by atoms with E-state index in [1.54, 1.807) is 6.08 Å². The largest absolute Gasteiger partial charge is 0.388 e. The molecule has 2 heteroatoms. The van der Waals surface area contributed by atoms with E-state index in [4.69, 9.17) is 5.11 Å². The lowest BCUT2D eigenvalue weighted by atomic mass is 10.2. The van der Waals surface area contributed by atoms with Crippen molar-refractivity contribution in [2.75, 3.05) is 0 Å². The fourth-order valence-corrected chi connectivity index (χ4v) is 0.837. The molecular weight excluding hydrogens is 104 g/mol. The summed E-state index contributed by atoms with van der Waals surface area (Å²) < 4.78 is 0. The molecule has 1 N–H and O–H groups in total. The molecular formula is C6H8O2. The standard InChI is InChI=1S/C6H8O2/c7-4-5-2-1-3-6(5)8/h2,4,6,8H,1,3H2/t6-/m1/s1. The van der Waals surface area contributed by atoms with Crippen molar-refractivity contribution in [3.05, 3.63) is 11.6 Å². The molecule has 1 atom stereocenters. The highest BCUT2D eigenvalue weighted by Crippen LogP contribution is 2.15. The van der Waals surface area contributed by atoms with Gasteiger partial charge in [0, 0.05) is 5.57 Å². The number of aliphatic hydroxyl groups excluding tert-OH is 1. The summed E-state index contributed by atoms with van der Waals surface area (Å²) in [5, 5.41) is 8.89. The van der Waals surface area contributed by atoms with Gasteiger partial charge in [-0.2, -0.15) is 0 Å². The molecule has 0 spiro atoms. The number of rotatable bonds is 1. The number of aliphatic hydroxyl groups is 1. The lowest BCUT2D eigenvalue weighted by Gasteiger charge is -1.97. The quantitative estimate of drug-likeness (QED) is 0.494. The van der Waals surface area contributed by atoms with Gasteiger partial charge in [0.05, 0.1) is 6.10 Å². The molecule has 0 radical (unpaired) electrons. The Balaban J connectivity index is 2.62. The minimum Gasteiger partial charge on any atom is -0.388 e. The predicted octanol–water partition coefficient (Wildman–Crippen LogP) is 0.266. The van der Waals surface area contributed by atoms with Gasteiger partial charge in [-0.3, -0.25) is 4.79 Å². The van der Waals surface area contributed by atoms with Gasteiger partial charge >= 0.3 is 0 Å². The highest BCUT2D eigenvalue weighted by molar-refractivity contribution is 5.75. The zero-order valence-corrected chi connectivity index (χ0v) is 4.50. The molecule has 44 valence electrons. The van der Waals surface area contributed by atoms with Crippen molar-refractivity contribution >= 4 is 6.29 Å². The summed E-state index contributed by atoms with van der Waals surface area (Å²) in [4.78, 5) is 9.99. The third-order valence-corrected chi connectivity index (χ3v) is 1.34. The number of allylic oxidation sites excluding steroid dienone is 1. The van der Waals surface area contributed by atoms with Gasteiger partial charge in [0.1, 0.15) is 6.29 Å². The first-order valence-corrected chi connectivity index (χ1v) is 2.68. The van der Waals surface area contributed by atoms with Crippen molar-refractivity contribution in [1.29, 1.82) is 0 Å². The summed E-state index contributed by atoms with van der Waals surface area (Å²) in [6.45, 7) is 0. The van der Waals surface area contributed by atoms with Crippen molar-refractivity contribution in [2.24, 2.45) is 0 Å². The molecule has 0 bridgehead atoms. The molecule has 0 aromatic carbocycles. The van der Waals surface area contributed by atoms with Gasteiger partial charge in [0.2, 0.25) is 0 Å². The maximum Gasteiger partial charge on any atom is 0.148 e. The second-order valence-electron chi connectivity index (χ2n) is 1.92. The Bertz CT molecular complexity index is 126. The Kier molecular flexibility index (Phi) is 1.44. The minimum atomic E-state index is -0.479. The Hall–Kier alpha value is -0.630. The second-order valence-corrected chi connectivity index (χ2v) is 1.92. The molecule has 1 rings (SSSR count). The summed E-state index contributed by atoms with van der Waals surface area (Å²) in [6.07, 6.45) is 3.58. The van der Waals surface area contributed by atoms with Gasteiger partial charge in [0.25, 0.3) is 0 Å². The van der Waals surface area contributed by atoms with E-state index in [2.05, 4.69) is 0 Å². The van der Waals surface area contributed by atoms with E-state index >= 15 is 0 Å². The summed E-state index contributed by atoms with van der Waals surface area (Å²) in [5.41, 5.74) is 0.546. The average molecular weight is 112 g/mol. The maximum atomic E-state index is 9.99. The molecule has 0 heterocycles. The van der Waals surface area contributed by atoms with Gasteiger partial charge in [-0.15, -0.1) is 0 Å². The highest BCUT2D eigenvalue weighted by Gasteiger charge is 2.13. The molecule has 0 aliphatic heterocycles. The van der Waals surface area contributed by atoms with Crippen LogP contribution in [0.3, 0.4) is 0 Å². The molecule has 0 amide bonds. The molecule has 1 aliphatic carbocycles. The fraction of sp³-hybridized carbons (Fsp3) is 0.500. The van der Waals surface area contributed by atoms with Gasteiger partial charge in [-0.25, -0.2) is 0 Å². The van der Waals surface area contributed by atoms with Crippen molar-refractivity contribution < 1.29 is 9.90 Å². The van der Waals surface area contributed by atoms with Gasteiger partial charge in [0.15, 0.2) is 0 Å². The van der Waals surface area contributed by atoms with Crippen LogP contribution in [0.25, 0.3) is 0 Å².